The van der Waals surface area contributed by atoms with E-state index in [9.17, 15) is 13.2 Å². The lowest BCUT2D eigenvalue weighted by molar-refractivity contribution is -0.611. The Kier molecular flexibility index (Phi) is 7.74. The van der Waals surface area contributed by atoms with E-state index in [1.54, 1.807) is 0 Å². The molecule has 0 fully saturated rings. The van der Waals surface area contributed by atoms with E-state index in [1.165, 1.54) is 31.7 Å². The molecule has 0 unspecified atom stereocenters. The van der Waals surface area contributed by atoms with E-state index in [-0.39, 0.29) is 0 Å². The first-order valence-electron chi connectivity index (χ1n) is 10.1. The van der Waals surface area contributed by atoms with E-state index >= 15 is 0 Å². The van der Waals surface area contributed by atoms with Gasteiger partial charge in [-0.05, 0) is 49.6 Å². The molecule has 2 heterocycles. The van der Waals surface area contributed by atoms with Crippen molar-refractivity contribution in [3.05, 3.63) is 52.8 Å². The van der Waals surface area contributed by atoms with Gasteiger partial charge in [-0.25, -0.2) is 9.55 Å². The minimum Gasteiger partial charge on any atom is -0.238 e. The monoisotopic (exact) mass is 454 g/mol. The van der Waals surface area contributed by atoms with Crippen molar-refractivity contribution in [2.45, 2.75) is 58.4 Å². The van der Waals surface area contributed by atoms with Gasteiger partial charge in [-0.2, -0.15) is 13.2 Å². The summed E-state index contributed by atoms with van der Waals surface area (Å²) in [4.78, 5) is 7.63. The quantitative estimate of drug-likeness (QED) is 0.216. The van der Waals surface area contributed by atoms with E-state index in [0.717, 1.165) is 40.5 Å². The number of aromatic nitrogens is 3. The average Bonchev–Trinajstić information content (AvgIpc) is 3.10. The maximum absolute atomic E-state index is 13.0. The second-order valence-corrected chi connectivity index (χ2v) is 10.0. The Morgan fingerprint density at radius 3 is 2.60 bits per heavy atom. The van der Waals surface area contributed by atoms with Gasteiger partial charge in [0, 0.05) is 5.75 Å². The number of nitrogens with zero attached hydrogens (tertiary/aromatic N) is 2. The summed E-state index contributed by atoms with van der Waals surface area (Å²) >= 11 is 0. The molecule has 1 N–H and O–H groups in total. The summed E-state index contributed by atoms with van der Waals surface area (Å²) in [7, 11) is 3.68. The van der Waals surface area contributed by atoms with E-state index in [4.69, 9.17) is 0 Å². The van der Waals surface area contributed by atoms with Gasteiger partial charge in [0.25, 0.3) is 0 Å². The average molecular weight is 455 g/mol. The molecule has 0 spiro atoms. The molecule has 0 aliphatic carbocycles. The number of unbranched alkanes of at least 4 members (excludes halogenated alkanes) is 3. The number of H-pyrrole nitrogens is 1. The second kappa shape index (κ2) is 10.1. The summed E-state index contributed by atoms with van der Waals surface area (Å²) in [6.45, 7) is 6.28. The van der Waals surface area contributed by atoms with Crippen LogP contribution in [0.25, 0.3) is 17.0 Å². The van der Waals surface area contributed by atoms with Crippen molar-refractivity contribution in [2.24, 2.45) is 0 Å². The zero-order valence-electron chi connectivity index (χ0n) is 17.5. The standard InChI is InChI=1S/C22H27F3N3S2/c1-4-5-6-7-10-29-30-14-20-16(3)11-15(2)13-28(20)21-26-18-9-8-17(22(23,24)25)12-19(18)27-21/h8-9,11-13H,4-7,10,14H2,1-3H3,(H,26,27)/q+1. The Labute approximate surface area is 183 Å². The number of rotatable bonds is 9. The van der Waals surface area contributed by atoms with Gasteiger partial charge in [-0.15, -0.1) is 0 Å². The highest BCUT2D eigenvalue weighted by Crippen LogP contribution is 2.31. The maximum Gasteiger partial charge on any atom is 0.416 e. The van der Waals surface area contributed by atoms with E-state index < -0.39 is 11.7 Å². The third-order valence-corrected chi connectivity index (χ3v) is 7.27. The third-order valence-electron chi connectivity index (χ3n) is 4.91. The molecule has 162 valence electrons. The number of hydrogen-bond donors (Lipinski definition) is 1. The molecule has 0 radical (unpaired) electrons. The highest BCUT2D eigenvalue weighted by atomic mass is 33.1. The van der Waals surface area contributed by atoms with Crippen molar-refractivity contribution in [3.63, 3.8) is 0 Å². The molecule has 3 rings (SSSR count). The highest BCUT2D eigenvalue weighted by molar-refractivity contribution is 8.76. The Balaban J connectivity index is 1.82. The van der Waals surface area contributed by atoms with Gasteiger partial charge >= 0.3 is 12.1 Å². The summed E-state index contributed by atoms with van der Waals surface area (Å²) < 4.78 is 41.1. The van der Waals surface area contributed by atoms with Crippen LogP contribution in [0.2, 0.25) is 0 Å². The maximum atomic E-state index is 13.0. The zero-order valence-corrected chi connectivity index (χ0v) is 19.1. The third kappa shape index (κ3) is 5.72. The molecule has 0 atom stereocenters. The zero-order chi connectivity index (χ0) is 21.7. The number of aryl methyl sites for hydroxylation is 2. The summed E-state index contributed by atoms with van der Waals surface area (Å²) in [5, 5.41) is 0. The number of fused-ring (bicyclic) bond motifs is 1. The van der Waals surface area contributed by atoms with Crippen LogP contribution in [0.3, 0.4) is 0 Å². The lowest BCUT2D eigenvalue weighted by Gasteiger charge is -2.10. The lowest BCUT2D eigenvalue weighted by atomic mass is 10.2. The van der Waals surface area contributed by atoms with Gasteiger partial charge in [0.2, 0.25) is 0 Å². The number of nitrogens with one attached hydrogen (secondary N) is 1. The molecule has 0 aliphatic heterocycles. The number of benzene rings is 1. The number of halogens is 3. The predicted molar refractivity (Wildman–Crippen MR) is 120 cm³/mol. The summed E-state index contributed by atoms with van der Waals surface area (Å²) in [5.41, 5.74) is 3.55. The Morgan fingerprint density at radius 2 is 1.87 bits per heavy atom. The number of pyridine rings is 1. The number of alkyl halides is 3. The van der Waals surface area contributed by atoms with Crippen molar-refractivity contribution in [1.82, 2.24) is 9.97 Å². The predicted octanol–water partition coefficient (Wildman–Crippen LogP) is 6.94. The summed E-state index contributed by atoms with van der Waals surface area (Å²) in [5.74, 6) is 2.47. The molecule has 1 aromatic carbocycles. The van der Waals surface area contributed by atoms with Crippen molar-refractivity contribution in [3.8, 4) is 5.95 Å². The van der Waals surface area contributed by atoms with Crippen molar-refractivity contribution < 1.29 is 17.7 Å². The molecular weight excluding hydrogens is 427 g/mol. The van der Waals surface area contributed by atoms with Gasteiger partial charge < -0.3 is 0 Å². The molecule has 8 heteroatoms. The Hall–Kier alpha value is -1.67. The first kappa shape index (κ1) is 23.0. The smallest absolute Gasteiger partial charge is 0.238 e. The first-order valence-corrected chi connectivity index (χ1v) is 12.6. The van der Waals surface area contributed by atoms with Crippen LogP contribution in [0.4, 0.5) is 13.2 Å². The van der Waals surface area contributed by atoms with Crippen LogP contribution in [0, 0.1) is 13.8 Å². The van der Waals surface area contributed by atoms with Crippen molar-refractivity contribution in [2.75, 3.05) is 5.75 Å². The largest absolute Gasteiger partial charge is 0.416 e. The molecule has 0 amide bonds. The van der Waals surface area contributed by atoms with Gasteiger partial charge in [0.1, 0.15) is 5.52 Å². The Bertz CT molecular complexity index is 999. The SMILES string of the molecule is CCCCCCSSCc1c(C)cc(C)c[n+]1-c1nc2ccc(C(F)(F)F)cc2[nH]1. The van der Waals surface area contributed by atoms with E-state index in [2.05, 4.69) is 29.9 Å². The van der Waals surface area contributed by atoms with Crippen LogP contribution in [0.15, 0.2) is 30.5 Å². The van der Waals surface area contributed by atoms with Gasteiger partial charge in [-0.1, -0.05) is 58.8 Å². The topological polar surface area (TPSA) is 32.6 Å². The fraction of sp³-hybridized carbons (Fsp3) is 0.455. The van der Waals surface area contributed by atoms with E-state index in [0.29, 0.717) is 17.0 Å². The first-order chi connectivity index (χ1) is 14.3. The normalized spacial score (nSPS) is 12.1. The number of aromatic amines is 1. The number of imidazole rings is 1. The fourth-order valence-electron chi connectivity index (χ4n) is 3.34. The Morgan fingerprint density at radius 1 is 1.07 bits per heavy atom. The van der Waals surface area contributed by atoms with Crippen molar-refractivity contribution in [1.29, 1.82) is 0 Å². The minimum atomic E-state index is -4.37. The van der Waals surface area contributed by atoms with Crippen LogP contribution < -0.4 is 4.57 Å². The van der Waals surface area contributed by atoms with E-state index in [1.807, 2.05) is 39.3 Å². The molecule has 2 aromatic heterocycles. The van der Waals surface area contributed by atoms with Crippen molar-refractivity contribution >= 4 is 32.6 Å². The van der Waals surface area contributed by atoms with Crippen LogP contribution in [0.5, 0.6) is 0 Å². The molecule has 30 heavy (non-hydrogen) atoms. The van der Waals surface area contributed by atoms with Crippen LogP contribution in [-0.2, 0) is 11.9 Å². The summed E-state index contributed by atoms with van der Waals surface area (Å²) in [6, 6.07) is 5.74. The molecule has 0 aliphatic rings. The molecular formula is C22H27F3N3S2+. The summed E-state index contributed by atoms with van der Waals surface area (Å²) in [6.07, 6.45) is 2.63. The highest BCUT2D eigenvalue weighted by Gasteiger charge is 2.31. The lowest BCUT2D eigenvalue weighted by Crippen LogP contribution is -2.38. The molecule has 0 saturated heterocycles. The van der Waals surface area contributed by atoms with Crippen LogP contribution >= 0.6 is 21.6 Å². The van der Waals surface area contributed by atoms with Gasteiger partial charge in [0.05, 0.1) is 23.2 Å². The second-order valence-electron chi connectivity index (χ2n) is 7.45. The molecule has 0 saturated carbocycles. The fourth-order valence-corrected chi connectivity index (χ4v) is 5.63. The van der Waals surface area contributed by atoms with Gasteiger partial charge in [0.15, 0.2) is 5.52 Å². The molecule has 3 nitrogen and oxygen atoms in total. The molecule has 0 bridgehead atoms. The molecule has 3 aromatic rings. The minimum absolute atomic E-state index is 0.385. The van der Waals surface area contributed by atoms with Crippen LogP contribution in [-0.4, -0.2) is 15.7 Å². The van der Waals surface area contributed by atoms with Crippen LogP contribution in [0.1, 0.15) is 55.0 Å². The number of hydrogen-bond acceptors (Lipinski definition) is 3. The van der Waals surface area contributed by atoms with Gasteiger partial charge in [-0.3, -0.25) is 0 Å².